The smallest absolute Gasteiger partial charge is 0.329 e. The molecule has 0 saturated carbocycles. The number of esters is 1. The van der Waals surface area contributed by atoms with Gasteiger partial charge in [-0.25, -0.2) is 4.79 Å². The van der Waals surface area contributed by atoms with Gasteiger partial charge in [-0.3, -0.25) is 0 Å². The Kier molecular flexibility index (Phi) is 4.45. The van der Waals surface area contributed by atoms with Crippen molar-refractivity contribution in [3.05, 3.63) is 70.8 Å². The van der Waals surface area contributed by atoms with Crippen LogP contribution in [0.25, 0.3) is 6.08 Å². The Morgan fingerprint density at radius 2 is 2.05 bits per heavy atom. The van der Waals surface area contributed by atoms with E-state index in [0.717, 1.165) is 16.8 Å². The number of hydrogen-bond donors (Lipinski definition) is 1. The van der Waals surface area contributed by atoms with E-state index in [2.05, 4.69) is 5.32 Å². The Morgan fingerprint density at radius 3 is 2.86 bits per heavy atom. The number of anilines is 1. The zero-order valence-corrected chi connectivity index (χ0v) is 12.7. The van der Waals surface area contributed by atoms with Crippen molar-refractivity contribution < 1.29 is 9.53 Å². The number of halogens is 1. The van der Waals surface area contributed by atoms with Gasteiger partial charge in [0.25, 0.3) is 0 Å². The molecule has 2 aromatic rings. The molecule has 1 unspecified atom stereocenters. The van der Waals surface area contributed by atoms with Gasteiger partial charge >= 0.3 is 5.97 Å². The van der Waals surface area contributed by atoms with Gasteiger partial charge in [-0.05, 0) is 29.7 Å². The monoisotopic (exact) mass is 313 g/mol. The highest BCUT2D eigenvalue weighted by Gasteiger charge is 2.21. The maximum absolute atomic E-state index is 12.3. The Bertz CT molecular complexity index is 697. The van der Waals surface area contributed by atoms with Gasteiger partial charge in [0.05, 0.1) is 0 Å². The van der Waals surface area contributed by atoms with E-state index in [-0.39, 0.29) is 12.6 Å². The van der Waals surface area contributed by atoms with Crippen molar-refractivity contribution in [1.29, 1.82) is 0 Å². The molecule has 1 aliphatic rings. The lowest BCUT2D eigenvalue weighted by Crippen LogP contribution is -2.30. The number of benzene rings is 2. The molecule has 22 heavy (non-hydrogen) atoms. The van der Waals surface area contributed by atoms with E-state index in [1.807, 2.05) is 60.7 Å². The van der Waals surface area contributed by atoms with Crippen molar-refractivity contribution in [2.45, 2.75) is 19.1 Å². The fourth-order valence-corrected chi connectivity index (χ4v) is 2.53. The summed E-state index contributed by atoms with van der Waals surface area (Å²) in [5, 5.41) is 3.85. The first-order valence-electron chi connectivity index (χ1n) is 7.15. The minimum absolute atomic E-state index is 0.263. The van der Waals surface area contributed by atoms with Crippen molar-refractivity contribution in [3.8, 4) is 0 Å². The normalized spacial score (nSPS) is 16.3. The summed E-state index contributed by atoms with van der Waals surface area (Å²) in [6.07, 6.45) is 4.55. The van der Waals surface area contributed by atoms with E-state index in [9.17, 15) is 4.79 Å². The van der Waals surface area contributed by atoms with E-state index in [4.69, 9.17) is 16.3 Å². The van der Waals surface area contributed by atoms with E-state index in [1.54, 1.807) is 0 Å². The quantitative estimate of drug-likeness (QED) is 0.859. The third-order valence-corrected chi connectivity index (χ3v) is 3.76. The number of carbonyl (C=O) groups excluding carboxylic acids is 1. The van der Waals surface area contributed by atoms with Gasteiger partial charge in [0, 0.05) is 10.7 Å². The van der Waals surface area contributed by atoms with E-state index in [1.165, 1.54) is 0 Å². The molecular weight excluding hydrogens is 298 g/mol. The van der Waals surface area contributed by atoms with Gasteiger partial charge in [-0.1, -0.05) is 60.2 Å². The zero-order valence-electron chi connectivity index (χ0n) is 12.0. The highest BCUT2D eigenvalue weighted by molar-refractivity contribution is 6.31. The van der Waals surface area contributed by atoms with Gasteiger partial charge in [-0.15, -0.1) is 0 Å². The summed E-state index contributed by atoms with van der Waals surface area (Å²) in [6, 6.07) is 14.8. The van der Waals surface area contributed by atoms with Crippen LogP contribution in [0.4, 0.5) is 5.69 Å². The molecule has 3 rings (SSSR count). The number of carbonyl (C=O) groups is 1. The Morgan fingerprint density at radius 1 is 1.23 bits per heavy atom. The summed E-state index contributed by atoms with van der Waals surface area (Å²) < 4.78 is 5.40. The second kappa shape index (κ2) is 6.67. The van der Waals surface area contributed by atoms with Gasteiger partial charge in [-0.2, -0.15) is 0 Å². The van der Waals surface area contributed by atoms with Crippen LogP contribution in [0.2, 0.25) is 5.02 Å². The predicted molar refractivity (Wildman–Crippen MR) is 88.8 cm³/mol. The molecule has 0 spiro atoms. The van der Waals surface area contributed by atoms with Gasteiger partial charge in [0.15, 0.2) is 0 Å². The fourth-order valence-electron chi connectivity index (χ4n) is 2.36. The molecule has 0 bridgehead atoms. The van der Waals surface area contributed by atoms with Crippen molar-refractivity contribution in [3.63, 3.8) is 0 Å². The van der Waals surface area contributed by atoms with Gasteiger partial charge in [0.2, 0.25) is 0 Å². The van der Waals surface area contributed by atoms with Gasteiger partial charge in [0.1, 0.15) is 12.6 Å². The SMILES string of the molecule is O=C(OCc1ccccc1)C1CC=Cc2ccc(Cl)cc2N1. The van der Waals surface area contributed by atoms with Crippen LogP contribution in [0.15, 0.2) is 54.6 Å². The molecule has 0 aromatic heterocycles. The van der Waals surface area contributed by atoms with Crippen LogP contribution < -0.4 is 5.32 Å². The lowest BCUT2D eigenvalue weighted by molar-refractivity contribution is -0.145. The second-order valence-electron chi connectivity index (χ2n) is 5.16. The summed E-state index contributed by atoms with van der Waals surface area (Å²) in [7, 11) is 0. The molecule has 0 aliphatic carbocycles. The molecule has 3 nitrogen and oxygen atoms in total. The molecule has 1 N–H and O–H groups in total. The highest BCUT2D eigenvalue weighted by atomic mass is 35.5. The van der Waals surface area contributed by atoms with Crippen molar-refractivity contribution in [2.75, 3.05) is 5.32 Å². The first-order valence-corrected chi connectivity index (χ1v) is 7.53. The predicted octanol–water partition coefficient (Wildman–Crippen LogP) is 4.28. The molecule has 0 fully saturated rings. The first-order chi connectivity index (χ1) is 10.7. The van der Waals surface area contributed by atoms with E-state index in [0.29, 0.717) is 11.4 Å². The van der Waals surface area contributed by atoms with Crippen molar-refractivity contribution in [2.24, 2.45) is 0 Å². The molecule has 4 heteroatoms. The minimum Gasteiger partial charge on any atom is -0.459 e. The third-order valence-electron chi connectivity index (χ3n) is 3.52. The topological polar surface area (TPSA) is 38.3 Å². The average Bonchev–Trinajstić information content (AvgIpc) is 2.75. The van der Waals surface area contributed by atoms with Crippen molar-refractivity contribution in [1.82, 2.24) is 0 Å². The Balaban J connectivity index is 1.67. The lowest BCUT2D eigenvalue weighted by atomic mass is 10.2. The first kappa shape index (κ1) is 14.7. The van der Waals surface area contributed by atoms with Crippen LogP contribution in [-0.4, -0.2) is 12.0 Å². The zero-order chi connectivity index (χ0) is 15.4. The fraction of sp³-hybridized carbons (Fsp3) is 0.167. The minimum atomic E-state index is -0.403. The molecule has 2 aromatic carbocycles. The maximum Gasteiger partial charge on any atom is 0.329 e. The third kappa shape index (κ3) is 3.49. The molecule has 0 amide bonds. The number of nitrogens with one attached hydrogen (secondary N) is 1. The van der Waals surface area contributed by atoms with Crippen LogP contribution in [0, 0.1) is 0 Å². The molecule has 0 saturated heterocycles. The molecule has 112 valence electrons. The van der Waals surface area contributed by atoms with E-state index < -0.39 is 6.04 Å². The summed E-state index contributed by atoms with van der Waals surface area (Å²) in [5.74, 6) is -0.263. The largest absolute Gasteiger partial charge is 0.459 e. The number of rotatable bonds is 3. The number of hydrogen-bond acceptors (Lipinski definition) is 3. The standard InChI is InChI=1S/C18H16ClNO2/c19-15-10-9-14-7-4-8-16(20-17(14)11-15)18(21)22-12-13-5-2-1-3-6-13/h1-7,9-11,16,20H,8,12H2. The summed E-state index contributed by atoms with van der Waals surface area (Å²) in [5.41, 5.74) is 2.84. The maximum atomic E-state index is 12.3. The summed E-state index contributed by atoms with van der Waals surface area (Å²) in [4.78, 5) is 12.3. The number of ether oxygens (including phenoxy) is 1. The summed E-state index contributed by atoms with van der Waals surface area (Å²) >= 11 is 6.02. The summed E-state index contributed by atoms with van der Waals surface area (Å²) in [6.45, 7) is 0.282. The van der Waals surface area contributed by atoms with Crippen LogP contribution in [0.3, 0.4) is 0 Å². The van der Waals surface area contributed by atoms with Crippen LogP contribution in [0.5, 0.6) is 0 Å². The second-order valence-corrected chi connectivity index (χ2v) is 5.60. The van der Waals surface area contributed by atoms with Crippen LogP contribution in [0.1, 0.15) is 17.5 Å². The number of fused-ring (bicyclic) bond motifs is 1. The lowest BCUT2D eigenvalue weighted by Gasteiger charge is -2.17. The molecular formula is C18H16ClNO2. The van der Waals surface area contributed by atoms with Gasteiger partial charge < -0.3 is 10.1 Å². The van der Waals surface area contributed by atoms with Crippen LogP contribution in [-0.2, 0) is 16.1 Å². The highest BCUT2D eigenvalue weighted by Crippen LogP contribution is 2.26. The van der Waals surface area contributed by atoms with Crippen LogP contribution >= 0.6 is 11.6 Å². The molecule has 0 radical (unpaired) electrons. The van der Waals surface area contributed by atoms with Crippen molar-refractivity contribution >= 4 is 29.3 Å². The Hall–Kier alpha value is -2.26. The average molecular weight is 314 g/mol. The molecule has 1 atom stereocenters. The Labute approximate surface area is 134 Å². The molecule has 1 heterocycles. The molecule has 1 aliphatic heterocycles. The van der Waals surface area contributed by atoms with E-state index >= 15 is 0 Å².